The first kappa shape index (κ1) is 14.4. The van der Waals surface area contributed by atoms with Gasteiger partial charge in [0.25, 0.3) is 0 Å². The zero-order chi connectivity index (χ0) is 13.4. The summed E-state index contributed by atoms with van der Waals surface area (Å²) in [5, 5.41) is 10.6. The van der Waals surface area contributed by atoms with Crippen LogP contribution in [0.4, 0.5) is 6.01 Å². The third-order valence-electron chi connectivity index (χ3n) is 2.56. The van der Waals surface area contributed by atoms with E-state index in [0.29, 0.717) is 37.8 Å². The molecule has 102 valence electrons. The summed E-state index contributed by atoms with van der Waals surface area (Å²) in [6, 6.07) is 0.339. The van der Waals surface area contributed by atoms with E-state index in [9.17, 15) is 4.79 Å². The molecule has 0 bridgehead atoms. The van der Waals surface area contributed by atoms with E-state index in [2.05, 4.69) is 15.5 Å². The highest BCUT2D eigenvalue weighted by Crippen LogP contribution is 2.05. The molecule has 0 saturated carbocycles. The number of carbonyl (C=O) groups is 1. The molecule has 0 unspecified atom stereocenters. The fourth-order valence-electron chi connectivity index (χ4n) is 1.56. The van der Waals surface area contributed by atoms with Gasteiger partial charge in [-0.15, -0.1) is 5.10 Å². The number of hydrogen-bond acceptors (Lipinski definition) is 6. The lowest BCUT2D eigenvalue weighted by molar-refractivity contribution is -0.130. The maximum absolute atomic E-state index is 11.7. The van der Waals surface area contributed by atoms with Crippen molar-refractivity contribution in [3.63, 3.8) is 0 Å². The summed E-state index contributed by atoms with van der Waals surface area (Å²) in [4.78, 5) is 13.5. The average Bonchev–Trinajstić information content (AvgIpc) is 2.79. The van der Waals surface area contributed by atoms with Gasteiger partial charge in [-0.1, -0.05) is 5.10 Å². The van der Waals surface area contributed by atoms with Crippen LogP contribution in [0.3, 0.4) is 0 Å². The van der Waals surface area contributed by atoms with Crippen molar-refractivity contribution in [2.24, 2.45) is 5.73 Å². The monoisotopic (exact) mass is 255 g/mol. The second-order valence-corrected chi connectivity index (χ2v) is 3.78. The number of anilines is 1. The van der Waals surface area contributed by atoms with Crippen molar-refractivity contribution >= 4 is 11.9 Å². The molecule has 1 rings (SSSR count). The molecule has 1 heterocycles. The van der Waals surface area contributed by atoms with E-state index in [1.165, 1.54) is 0 Å². The number of rotatable bonds is 8. The Morgan fingerprint density at radius 1 is 1.39 bits per heavy atom. The molecule has 0 aliphatic carbocycles. The molecule has 0 aromatic carbocycles. The van der Waals surface area contributed by atoms with E-state index < -0.39 is 0 Å². The number of nitrogens with one attached hydrogen (secondary N) is 1. The summed E-state index contributed by atoms with van der Waals surface area (Å²) in [7, 11) is 0. The van der Waals surface area contributed by atoms with Crippen LogP contribution in [-0.4, -0.2) is 47.2 Å². The molecule has 0 aliphatic rings. The fraction of sp³-hybridized carbons (Fsp3) is 0.727. The number of carbonyl (C=O) groups excluding carboxylic acids is 1. The number of hydrogen-bond donors (Lipinski definition) is 2. The van der Waals surface area contributed by atoms with Crippen molar-refractivity contribution in [2.45, 2.75) is 26.7 Å². The molecule has 1 aromatic rings. The van der Waals surface area contributed by atoms with Crippen LogP contribution in [0.1, 0.15) is 26.2 Å². The Labute approximate surface area is 107 Å². The quantitative estimate of drug-likeness (QED) is 0.690. The smallest absolute Gasteiger partial charge is 0.315 e. The molecular weight excluding hydrogens is 234 g/mol. The Hall–Kier alpha value is -1.63. The third kappa shape index (κ3) is 4.33. The first-order valence-electron chi connectivity index (χ1n) is 6.25. The molecule has 0 spiro atoms. The maximum Gasteiger partial charge on any atom is 0.315 e. The lowest BCUT2D eigenvalue weighted by atomic mass is 10.3. The van der Waals surface area contributed by atoms with Crippen LogP contribution < -0.4 is 11.1 Å². The van der Waals surface area contributed by atoms with Gasteiger partial charge in [0.05, 0.1) is 0 Å². The van der Waals surface area contributed by atoms with Gasteiger partial charge in [0.1, 0.15) is 0 Å². The van der Waals surface area contributed by atoms with Crippen molar-refractivity contribution in [3.8, 4) is 0 Å². The van der Waals surface area contributed by atoms with Crippen LogP contribution in [-0.2, 0) is 11.2 Å². The predicted octanol–water partition coefficient (Wildman–Crippen LogP) is 0.241. The summed E-state index contributed by atoms with van der Waals surface area (Å²) < 4.78 is 5.28. The van der Waals surface area contributed by atoms with Crippen molar-refractivity contribution in [3.05, 3.63) is 5.89 Å². The first-order chi connectivity index (χ1) is 8.71. The predicted molar refractivity (Wildman–Crippen MR) is 68.1 cm³/mol. The Kier molecular flexibility index (Phi) is 6.13. The highest BCUT2D eigenvalue weighted by Gasteiger charge is 2.10. The van der Waals surface area contributed by atoms with Gasteiger partial charge < -0.3 is 20.4 Å². The Bertz CT molecular complexity index is 362. The molecule has 7 heteroatoms. The van der Waals surface area contributed by atoms with Crippen molar-refractivity contribution in [1.29, 1.82) is 0 Å². The molecule has 0 aliphatic heterocycles. The molecule has 1 amide bonds. The molecule has 3 N–H and O–H groups in total. The number of nitrogens with two attached hydrogens (primary N) is 1. The SMILES string of the molecule is CCN(CC)C(=O)CCNc1nnc(CCN)o1. The van der Waals surface area contributed by atoms with Gasteiger partial charge in [-0.3, -0.25) is 4.79 Å². The minimum absolute atomic E-state index is 0.120. The zero-order valence-corrected chi connectivity index (χ0v) is 11.0. The topological polar surface area (TPSA) is 97.3 Å². The van der Waals surface area contributed by atoms with Crippen molar-refractivity contribution < 1.29 is 9.21 Å². The van der Waals surface area contributed by atoms with E-state index in [4.69, 9.17) is 10.2 Å². The molecular formula is C11H21N5O2. The zero-order valence-electron chi connectivity index (χ0n) is 11.0. The molecule has 0 saturated heterocycles. The lowest BCUT2D eigenvalue weighted by Gasteiger charge is -2.18. The molecule has 18 heavy (non-hydrogen) atoms. The number of aromatic nitrogens is 2. The lowest BCUT2D eigenvalue weighted by Crippen LogP contribution is -2.31. The van der Waals surface area contributed by atoms with Gasteiger partial charge in [0.15, 0.2) is 0 Å². The third-order valence-corrected chi connectivity index (χ3v) is 2.56. The standard InChI is InChI=1S/C11H21N5O2/c1-3-16(4-2)10(17)6-8-13-11-15-14-9(18-11)5-7-12/h3-8,12H2,1-2H3,(H,13,15). The van der Waals surface area contributed by atoms with Crippen LogP contribution in [0.25, 0.3) is 0 Å². The largest absolute Gasteiger partial charge is 0.408 e. The number of nitrogens with zero attached hydrogens (tertiary/aromatic N) is 3. The Morgan fingerprint density at radius 2 is 2.11 bits per heavy atom. The average molecular weight is 255 g/mol. The van der Waals surface area contributed by atoms with Gasteiger partial charge in [-0.05, 0) is 13.8 Å². The second kappa shape index (κ2) is 7.65. The van der Waals surface area contributed by atoms with Gasteiger partial charge in [-0.2, -0.15) is 0 Å². The van der Waals surface area contributed by atoms with Crippen LogP contribution in [0, 0.1) is 0 Å². The Morgan fingerprint density at radius 3 is 2.72 bits per heavy atom. The molecule has 0 fully saturated rings. The van der Waals surface area contributed by atoms with Gasteiger partial charge in [-0.25, -0.2) is 0 Å². The van der Waals surface area contributed by atoms with Crippen LogP contribution >= 0.6 is 0 Å². The summed E-state index contributed by atoms with van der Waals surface area (Å²) in [6.45, 7) is 6.35. The van der Waals surface area contributed by atoms with E-state index in [1.807, 2.05) is 13.8 Å². The number of amides is 1. The highest BCUT2D eigenvalue weighted by atomic mass is 16.4. The van der Waals surface area contributed by atoms with Crippen LogP contribution in [0.2, 0.25) is 0 Å². The molecule has 0 atom stereocenters. The highest BCUT2D eigenvalue weighted by molar-refractivity contribution is 5.76. The first-order valence-corrected chi connectivity index (χ1v) is 6.25. The van der Waals surface area contributed by atoms with Gasteiger partial charge in [0.2, 0.25) is 11.8 Å². The maximum atomic E-state index is 11.7. The summed E-state index contributed by atoms with van der Waals surface area (Å²) in [5.41, 5.74) is 5.38. The normalized spacial score (nSPS) is 10.4. The van der Waals surface area contributed by atoms with Crippen molar-refractivity contribution in [1.82, 2.24) is 15.1 Å². The van der Waals surface area contributed by atoms with Gasteiger partial charge in [0, 0.05) is 39.0 Å². The minimum atomic E-state index is 0.120. The van der Waals surface area contributed by atoms with Crippen LogP contribution in [0.15, 0.2) is 4.42 Å². The summed E-state index contributed by atoms with van der Waals surface area (Å²) >= 11 is 0. The molecule has 1 aromatic heterocycles. The second-order valence-electron chi connectivity index (χ2n) is 3.78. The van der Waals surface area contributed by atoms with E-state index in [0.717, 1.165) is 13.1 Å². The Balaban J connectivity index is 2.30. The van der Waals surface area contributed by atoms with Crippen LogP contribution in [0.5, 0.6) is 0 Å². The van der Waals surface area contributed by atoms with E-state index in [-0.39, 0.29) is 5.91 Å². The fourth-order valence-corrected chi connectivity index (χ4v) is 1.56. The summed E-state index contributed by atoms with van der Waals surface area (Å²) in [5.74, 6) is 0.629. The summed E-state index contributed by atoms with van der Waals surface area (Å²) in [6.07, 6.45) is 0.976. The molecule has 0 radical (unpaired) electrons. The van der Waals surface area contributed by atoms with E-state index in [1.54, 1.807) is 4.90 Å². The van der Waals surface area contributed by atoms with Gasteiger partial charge >= 0.3 is 6.01 Å². The van der Waals surface area contributed by atoms with E-state index >= 15 is 0 Å². The van der Waals surface area contributed by atoms with Crippen molar-refractivity contribution in [2.75, 3.05) is 31.5 Å². The molecule has 7 nitrogen and oxygen atoms in total. The minimum Gasteiger partial charge on any atom is -0.408 e.